The second-order valence-corrected chi connectivity index (χ2v) is 7.09. The largest absolute Gasteiger partial charge is 0.309 e. The Hall–Kier alpha value is -2.12. The van der Waals surface area contributed by atoms with Gasteiger partial charge in [-0.25, -0.2) is 9.37 Å². The van der Waals surface area contributed by atoms with Crippen LogP contribution in [0.4, 0.5) is 4.39 Å². The van der Waals surface area contributed by atoms with Gasteiger partial charge in [-0.2, -0.15) is 0 Å². The molecule has 1 aliphatic heterocycles. The molecule has 4 rings (SSSR count). The molecule has 2 aromatic heterocycles. The van der Waals surface area contributed by atoms with E-state index in [-0.39, 0.29) is 5.82 Å². The van der Waals surface area contributed by atoms with Crippen LogP contribution in [0.25, 0.3) is 11.4 Å². The molecule has 7 heteroatoms. The first-order valence-corrected chi connectivity index (χ1v) is 8.89. The summed E-state index contributed by atoms with van der Waals surface area (Å²) in [5.74, 6) is 1.56. The van der Waals surface area contributed by atoms with Crippen LogP contribution in [-0.2, 0) is 19.5 Å². The second-order valence-electron chi connectivity index (χ2n) is 6.03. The van der Waals surface area contributed by atoms with Crippen molar-refractivity contribution in [3.8, 4) is 11.4 Å². The lowest BCUT2D eigenvalue weighted by molar-refractivity contribution is 0.379. The molecule has 0 spiro atoms. The minimum atomic E-state index is -0.241. The van der Waals surface area contributed by atoms with E-state index in [0.29, 0.717) is 6.04 Å². The summed E-state index contributed by atoms with van der Waals surface area (Å²) < 4.78 is 15.3. The monoisotopic (exact) mass is 343 g/mol. The van der Waals surface area contributed by atoms with Gasteiger partial charge in [-0.15, -0.1) is 21.5 Å². The predicted molar refractivity (Wildman–Crippen MR) is 91.2 cm³/mol. The van der Waals surface area contributed by atoms with Gasteiger partial charge >= 0.3 is 0 Å². The number of aryl methyl sites for hydroxylation is 2. The molecule has 124 valence electrons. The van der Waals surface area contributed by atoms with Crippen LogP contribution in [0.1, 0.15) is 22.9 Å². The summed E-state index contributed by atoms with van der Waals surface area (Å²) >= 11 is 1.67. The first-order chi connectivity index (χ1) is 11.7. The molecule has 1 atom stereocenters. The minimum absolute atomic E-state index is 0.241. The Morgan fingerprint density at radius 3 is 2.88 bits per heavy atom. The number of benzene rings is 1. The van der Waals surface area contributed by atoms with Crippen LogP contribution in [0.3, 0.4) is 0 Å². The molecule has 5 nitrogen and oxygen atoms in total. The molecule has 0 saturated carbocycles. The summed E-state index contributed by atoms with van der Waals surface area (Å²) in [5.41, 5.74) is 1.98. The Bertz CT molecular complexity index is 839. The highest BCUT2D eigenvalue weighted by Crippen LogP contribution is 2.23. The van der Waals surface area contributed by atoms with Crippen molar-refractivity contribution in [3.05, 3.63) is 52.0 Å². The number of nitrogens with zero attached hydrogens (tertiary/aromatic N) is 4. The van der Waals surface area contributed by atoms with Gasteiger partial charge in [0.2, 0.25) is 0 Å². The van der Waals surface area contributed by atoms with Gasteiger partial charge in [0.25, 0.3) is 0 Å². The van der Waals surface area contributed by atoms with E-state index in [1.54, 1.807) is 23.5 Å². The number of nitrogens with one attached hydrogen (secondary N) is 1. The van der Waals surface area contributed by atoms with Crippen molar-refractivity contribution in [1.82, 2.24) is 25.1 Å². The van der Waals surface area contributed by atoms with Crippen molar-refractivity contribution < 1.29 is 4.39 Å². The van der Waals surface area contributed by atoms with Crippen molar-refractivity contribution in [2.24, 2.45) is 0 Å². The van der Waals surface area contributed by atoms with Crippen LogP contribution in [-0.4, -0.2) is 25.8 Å². The zero-order chi connectivity index (χ0) is 16.5. The number of thiazole rings is 1. The van der Waals surface area contributed by atoms with Gasteiger partial charge in [-0.3, -0.25) is 0 Å². The maximum Gasteiger partial charge on any atom is 0.164 e. The van der Waals surface area contributed by atoms with E-state index in [1.165, 1.54) is 12.1 Å². The highest BCUT2D eigenvalue weighted by Gasteiger charge is 2.23. The van der Waals surface area contributed by atoms with Crippen molar-refractivity contribution >= 4 is 11.3 Å². The summed E-state index contributed by atoms with van der Waals surface area (Å²) in [6.45, 7) is 3.61. The van der Waals surface area contributed by atoms with E-state index in [4.69, 9.17) is 0 Å². The van der Waals surface area contributed by atoms with Crippen molar-refractivity contribution in [3.63, 3.8) is 0 Å². The molecule has 0 radical (unpaired) electrons. The molecule has 0 saturated heterocycles. The first-order valence-electron chi connectivity index (χ1n) is 8.01. The number of aromatic nitrogens is 4. The molecule has 3 aromatic rings. The van der Waals surface area contributed by atoms with E-state index < -0.39 is 0 Å². The predicted octanol–water partition coefficient (Wildman–Crippen LogP) is 2.95. The molecule has 0 amide bonds. The fourth-order valence-electron chi connectivity index (χ4n) is 3.04. The van der Waals surface area contributed by atoms with Crippen LogP contribution in [0.2, 0.25) is 0 Å². The fourth-order valence-corrected chi connectivity index (χ4v) is 3.66. The second kappa shape index (κ2) is 6.41. The van der Waals surface area contributed by atoms with E-state index >= 15 is 0 Å². The first kappa shape index (κ1) is 15.4. The average molecular weight is 343 g/mol. The topological polar surface area (TPSA) is 55.6 Å². The third-order valence-electron chi connectivity index (χ3n) is 4.29. The summed E-state index contributed by atoms with van der Waals surface area (Å²) in [5, 5.41) is 15.4. The van der Waals surface area contributed by atoms with Gasteiger partial charge in [-0.1, -0.05) is 0 Å². The van der Waals surface area contributed by atoms with Crippen LogP contribution >= 0.6 is 11.3 Å². The Morgan fingerprint density at radius 2 is 2.12 bits per heavy atom. The number of rotatable bonds is 4. The van der Waals surface area contributed by atoms with Gasteiger partial charge in [-0.05, 0) is 37.6 Å². The molecule has 0 fully saturated rings. The normalized spacial score (nSPS) is 17.0. The highest BCUT2D eigenvalue weighted by molar-refractivity contribution is 7.09. The Balaban J connectivity index is 1.49. The Kier molecular flexibility index (Phi) is 4.12. The molecular weight excluding hydrogens is 325 g/mol. The van der Waals surface area contributed by atoms with E-state index in [2.05, 4.69) is 30.4 Å². The van der Waals surface area contributed by atoms with Crippen molar-refractivity contribution in [1.29, 1.82) is 0 Å². The number of fused-ring (bicyclic) bond motifs is 1. The van der Waals surface area contributed by atoms with Gasteiger partial charge in [0, 0.05) is 36.5 Å². The lowest BCUT2D eigenvalue weighted by atomic mass is 10.1. The lowest BCUT2D eigenvalue weighted by Crippen LogP contribution is -2.37. The zero-order valence-corrected chi connectivity index (χ0v) is 14.2. The van der Waals surface area contributed by atoms with Gasteiger partial charge < -0.3 is 9.88 Å². The van der Waals surface area contributed by atoms with Crippen LogP contribution in [0, 0.1) is 12.7 Å². The van der Waals surface area contributed by atoms with Crippen LogP contribution < -0.4 is 5.32 Å². The molecular formula is C17H18FN5S. The number of hydrogen-bond acceptors (Lipinski definition) is 5. The third-order valence-corrected chi connectivity index (χ3v) is 5.11. The molecule has 3 heterocycles. The maximum absolute atomic E-state index is 13.1. The number of halogens is 1. The van der Waals surface area contributed by atoms with Crippen molar-refractivity contribution in [2.45, 2.75) is 38.9 Å². The third kappa shape index (κ3) is 3.09. The van der Waals surface area contributed by atoms with E-state index in [9.17, 15) is 4.39 Å². The van der Waals surface area contributed by atoms with Crippen LogP contribution in [0.15, 0.2) is 29.6 Å². The summed E-state index contributed by atoms with van der Waals surface area (Å²) in [6, 6.07) is 6.78. The molecule has 0 aliphatic carbocycles. The summed E-state index contributed by atoms with van der Waals surface area (Å²) in [4.78, 5) is 4.49. The highest BCUT2D eigenvalue weighted by atomic mass is 32.1. The molecule has 1 aliphatic rings. The standard InChI is InChI=1S/C17H18FN5S/c1-11-20-15(10-24-11)8-19-14-6-7-16-21-22-17(23(16)9-14)12-2-4-13(18)5-3-12/h2-5,10,14,19H,6-9H2,1H3/t14-/m0/s1. The zero-order valence-electron chi connectivity index (χ0n) is 13.4. The van der Waals surface area contributed by atoms with Gasteiger partial charge in [0.05, 0.1) is 10.7 Å². The average Bonchev–Trinajstić information content (AvgIpc) is 3.19. The Labute approximate surface area is 143 Å². The Morgan fingerprint density at radius 1 is 1.29 bits per heavy atom. The lowest BCUT2D eigenvalue weighted by Gasteiger charge is -2.25. The minimum Gasteiger partial charge on any atom is -0.309 e. The maximum atomic E-state index is 13.1. The van der Waals surface area contributed by atoms with E-state index in [1.807, 2.05) is 6.92 Å². The van der Waals surface area contributed by atoms with Crippen LogP contribution in [0.5, 0.6) is 0 Å². The molecule has 0 bridgehead atoms. The molecule has 1 aromatic carbocycles. The van der Waals surface area contributed by atoms with Crippen molar-refractivity contribution in [2.75, 3.05) is 0 Å². The SMILES string of the molecule is Cc1nc(CN[C@H]2CCc3nnc(-c4ccc(F)cc4)n3C2)cs1. The number of hydrogen-bond donors (Lipinski definition) is 1. The molecule has 24 heavy (non-hydrogen) atoms. The quantitative estimate of drug-likeness (QED) is 0.791. The molecule has 1 N–H and O–H groups in total. The fraction of sp³-hybridized carbons (Fsp3) is 0.353. The summed E-state index contributed by atoms with van der Waals surface area (Å²) in [6.07, 6.45) is 1.92. The van der Waals surface area contributed by atoms with E-state index in [0.717, 1.165) is 53.8 Å². The smallest absolute Gasteiger partial charge is 0.164 e. The molecule has 0 unspecified atom stereocenters. The van der Waals surface area contributed by atoms with Gasteiger partial charge in [0.1, 0.15) is 11.6 Å². The van der Waals surface area contributed by atoms with Gasteiger partial charge in [0.15, 0.2) is 5.82 Å². The summed E-state index contributed by atoms with van der Waals surface area (Å²) in [7, 11) is 0.